The van der Waals surface area contributed by atoms with Gasteiger partial charge < -0.3 is 4.90 Å². The van der Waals surface area contributed by atoms with Crippen LogP contribution in [0.25, 0.3) is 11.1 Å². The predicted octanol–water partition coefficient (Wildman–Crippen LogP) is 4.85. The average Bonchev–Trinajstić information content (AvgIpc) is 2.66. The van der Waals surface area contributed by atoms with Gasteiger partial charge in [0.1, 0.15) is 6.33 Å². The third-order valence-corrected chi connectivity index (χ3v) is 5.02. The lowest BCUT2D eigenvalue weighted by atomic mass is 9.89. The van der Waals surface area contributed by atoms with Gasteiger partial charge in [0.05, 0.1) is 12.1 Å². The molecule has 0 unspecified atom stereocenters. The smallest absolute Gasteiger partial charge is 0.342 e. The van der Waals surface area contributed by atoms with Crippen molar-refractivity contribution in [1.82, 2.24) is 14.9 Å². The van der Waals surface area contributed by atoms with E-state index >= 15 is 0 Å². The minimum absolute atomic E-state index is 0.0668. The fourth-order valence-electron chi connectivity index (χ4n) is 3.39. The van der Waals surface area contributed by atoms with Crippen molar-refractivity contribution in [3.8, 4) is 11.1 Å². The number of alkyl halides is 3. The van der Waals surface area contributed by atoms with Crippen LogP contribution in [0.2, 0.25) is 5.02 Å². The third kappa shape index (κ3) is 4.97. The zero-order valence-corrected chi connectivity index (χ0v) is 15.3. The number of amides is 1. The molecule has 1 atom stereocenters. The fourth-order valence-corrected chi connectivity index (χ4v) is 3.62. The molecule has 1 aliphatic rings. The summed E-state index contributed by atoms with van der Waals surface area (Å²) in [5.41, 5.74) is 2.36. The van der Waals surface area contributed by atoms with Crippen LogP contribution in [-0.2, 0) is 4.79 Å². The maximum atomic E-state index is 12.4. The average molecular weight is 398 g/mol. The standard InChI is InChI=1S/C19H19ClF3N3O/c20-16-6-2-1-5-14(16)15-10-24-12-25-18(15)13-4-3-9-26(11-13)17(27)7-8-19(21,22)23/h1-2,5-6,10,12-13H,3-4,7-9,11H2/t13-/m1/s1. The molecule has 0 bridgehead atoms. The van der Waals surface area contributed by atoms with Crippen LogP contribution in [0.3, 0.4) is 0 Å². The minimum Gasteiger partial charge on any atom is -0.342 e. The molecule has 0 spiro atoms. The maximum absolute atomic E-state index is 12.4. The molecular weight excluding hydrogens is 379 g/mol. The van der Waals surface area contributed by atoms with Gasteiger partial charge in [0.15, 0.2) is 0 Å². The first-order chi connectivity index (χ1) is 12.8. The van der Waals surface area contributed by atoms with E-state index in [-0.39, 0.29) is 5.92 Å². The lowest BCUT2D eigenvalue weighted by molar-refractivity contribution is -0.149. The number of benzene rings is 1. The molecule has 1 amide bonds. The van der Waals surface area contributed by atoms with E-state index < -0.39 is 24.9 Å². The van der Waals surface area contributed by atoms with E-state index in [4.69, 9.17) is 11.6 Å². The highest BCUT2D eigenvalue weighted by atomic mass is 35.5. The summed E-state index contributed by atoms with van der Waals surface area (Å²) in [4.78, 5) is 22.2. The van der Waals surface area contributed by atoms with E-state index in [1.807, 2.05) is 18.2 Å². The molecule has 3 rings (SSSR count). The SMILES string of the molecule is O=C(CCC(F)(F)F)N1CCC[C@@H](c2ncncc2-c2ccccc2Cl)C1. The van der Waals surface area contributed by atoms with E-state index in [9.17, 15) is 18.0 Å². The van der Waals surface area contributed by atoms with Gasteiger partial charge in [-0.1, -0.05) is 29.8 Å². The van der Waals surface area contributed by atoms with Gasteiger partial charge in [0.25, 0.3) is 0 Å². The van der Waals surface area contributed by atoms with Gasteiger partial charge in [0.2, 0.25) is 5.91 Å². The molecule has 0 radical (unpaired) electrons. The fraction of sp³-hybridized carbons (Fsp3) is 0.421. The molecule has 8 heteroatoms. The van der Waals surface area contributed by atoms with E-state index in [1.54, 1.807) is 12.3 Å². The molecule has 1 aromatic heterocycles. The summed E-state index contributed by atoms with van der Waals surface area (Å²) < 4.78 is 37.2. The Morgan fingerprint density at radius 1 is 1.26 bits per heavy atom. The van der Waals surface area contributed by atoms with Gasteiger partial charge in [0, 0.05) is 47.8 Å². The summed E-state index contributed by atoms with van der Waals surface area (Å²) in [6, 6.07) is 7.35. The normalized spacial score (nSPS) is 17.8. The predicted molar refractivity (Wildman–Crippen MR) is 96.3 cm³/mol. The van der Waals surface area contributed by atoms with E-state index in [2.05, 4.69) is 9.97 Å². The Morgan fingerprint density at radius 3 is 2.78 bits per heavy atom. The molecular formula is C19H19ClF3N3O. The van der Waals surface area contributed by atoms with Gasteiger partial charge in [-0.15, -0.1) is 0 Å². The van der Waals surface area contributed by atoms with Crippen molar-refractivity contribution in [3.63, 3.8) is 0 Å². The second-order valence-corrected chi connectivity index (χ2v) is 7.00. The molecule has 1 fully saturated rings. The Labute approximate surface area is 160 Å². The van der Waals surface area contributed by atoms with E-state index in [0.717, 1.165) is 23.2 Å². The number of halogens is 4. The van der Waals surface area contributed by atoms with Crippen LogP contribution in [0.4, 0.5) is 13.2 Å². The number of aromatic nitrogens is 2. The first kappa shape index (κ1) is 19.6. The van der Waals surface area contributed by atoms with E-state index in [0.29, 0.717) is 24.5 Å². The lowest BCUT2D eigenvalue weighted by Crippen LogP contribution is -2.39. The topological polar surface area (TPSA) is 46.1 Å². The van der Waals surface area contributed by atoms with Gasteiger partial charge in [-0.3, -0.25) is 4.79 Å². The molecule has 27 heavy (non-hydrogen) atoms. The minimum atomic E-state index is -4.32. The summed E-state index contributed by atoms with van der Waals surface area (Å²) in [7, 11) is 0. The molecule has 1 aliphatic heterocycles. The van der Waals surface area contributed by atoms with Crippen molar-refractivity contribution < 1.29 is 18.0 Å². The molecule has 0 N–H and O–H groups in total. The molecule has 2 aromatic rings. The van der Waals surface area contributed by atoms with Crippen LogP contribution in [0.1, 0.15) is 37.3 Å². The van der Waals surface area contributed by atoms with Crippen LogP contribution >= 0.6 is 11.6 Å². The number of rotatable bonds is 4. The Hall–Kier alpha value is -2.15. The second-order valence-electron chi connectivity index (χ2n) is 6.60. The van der Waals surface area contributed by atoms with Crippen LogP contribution < -0.4 is 0 Å². The first-order valence-corrected chi connectivity index (χ1v) is 9.12. The zero-order chi connectivity index (χ0) is 19.4. The summed E-state index contributed by atoms with van der Waals surface area (Å²) in [6.07, 6.45) is -1.28. The number of carbonyl (C=O) groups is 1. The summed E-state index contributed by atoms with van der Waals surface area (Å²) in [6.45, 7) is 0.824. The third-order valence-electron chi connectivity index (χ3n) is 4.69. The van der Waals surface area contributed by atoms with Crippen LogP contribution in [0, 0.1) is 0 Å². The van der Waals surface area contributed by atoms with Gasteiger partial charge in [-0.2, -0.15) is 13.2 Å². The molecule has 0 saturated carbocycles. The monoisotopic (exact) mass is 397 g/mol. The number of carbonyl (C=O) groups excluding carboxylic acids is 1. The highest BCUT2D eigenvalue weighted by Crippen LogP contribution is 2.35. The van der Waals surface area contributed by atoms with Crippen molar-refractivity contribution >= 4 is 17.5 Å². The highest BCUT2D eigenvalue weighted by molar-refractivity contribution is 6.33. The zero-order valence-electron chi connectivity index (χ0n) is 14.5. The number of nitrogens with zero attached hydrogens (tertiary/aromatic N) is 3. The number of hydrogen-bond acceptors (Lipinski definition) is 3. The van der Waals surface area contributed by atoms with Crippen LogP contribution in [0.15, 0.2) is 36.8 Å². The molecule has 4 nitrogen and oxygen atoms in total. The Balaban J connectivity index is 1.79. The Bertz CT molecular complexity index is 813. The lowest BCUT2D eigenvalue weighted by Gasteiger charge is -2.33. The maximum Gasteiger partial charge on any atom is 0.389 e. The molecule has 144 valence electrons. The molecule has 2 heterocycles. The van der Waals surface area contributed by atoms with Gasteiger partial charge >= 0.3 is 6.18 Å². The Morgan fingerprint density at radius 2 is 2.04 bits per heavy atom. The van der Waals surface area contributed by atoms with Crippen molar-refractivity contribution in [2.75, 3.05) is 13.1 Å². The van der Waals surface area contributed by atoms with Crippen molar-refractivity contribution in [3.05, 3.63) is 47.5 Å². The van der Waals surface area contributed by atoms with Crippen LogP contribution in [0.5, 0.6) is 0 Å². The second kappa shape index (κ2) is 8.25. The highest BCUT2D eigenvalue weighted by Gasteiger charge is 2.32. The summed E-state index contributed by atoms with van der Waals surface area (Å²) in [5.74, 6) is -0.534. The van der Waals surface area contributed by atoms with Crippen molar-refractivity contribution in [1.29, 1.82) is 0 Å². The summed E-state index contributed by atoms with van der Waals surface area (Å²) >= 11 is 6.31. The van der Waals surface area contributed by atoms with E-state index in [1.165, 1.54) is 11.2 Å². The number of hydrogen-bond donors (Lipinski definition) is 0. The molecule has 1 saturated heterocycles. The number of piperidine rings is 1. The Kier molecular flexibility index (Phi) is 5.99. The molecule has 1 aromatic carbocycles. The quantitative estimate of drug-likeness (QED) is 0.741. The first-order valence-electron chi connectivity index (χ1n) is 8.74. The number of likely N-dealkylation sites (tertiary alicyclic amines) is 1. The van der Waals surface area contributed by atoms with Crippen LogP contribution in [-0.4, -0.2) is 40.0 Å². The van der Waals surface area contributed by atoms with Crippen molar-refractivity contribution in [2.45, 2.75) is 37.8 Å². The largest absolute Gasteiger partial charge is 0.389 e. The van der Waals surface area contributed by atoms with Gasteiger partial charge in [-0.05, 0) is 18.9 Å². The van der Waals surface area contributed by atoms with Gasteiger partial charge in [-0.25, -0.2) is 9.97 Å². The molecule has 0 aliphatic carbocycles. The summed E-state index contributed by atoms with van der Waals surface area (Å²) in [5, 5.41) is 0.572. The van der Waals surface area contributed by atoms with Crippen molar-refractivity contribution in [2.24, 2.45) is 0 Å².